The fourth-order valence-electron chi connectivity index (χ4n) is 2.52. The molecule has 3 heterocycles. The first-order valence-electron chi connectivity index (χ1n) is 7.49. The van der Waals surface area contributed by atoms with Crippen molar-refractivity contribution in [2.45, 2.75) is 18.6 Å². The summed E-state index contributed by atoms with van der Waals surface area (Å²) in [5.41, 5.74) is 0.718. The van der Waals surface area contributed by atoms with E-state index in [1.807, 2.05) is 0 Å². The topological polar surface area (TPSA) is 129 Å². The number of ether oxygens (including phenoxy) is 1. The van der Waals surface area contributed by atoms with Crippen LogP contribution in [0, 0.1) is 0 Å². The number of phenolic OH excluding ortho intramolecular Hbond substituents is 1. The van der Waals surface area contributed by atoms with Crippen LogP contribution in [0.25, 0.3) is 10.2 Å². The number of rotatable bonds is 3. The lowest BCUT2D eigenvalue weighted by molar-refractivity contribution is -0.176. The average molecular weight is 393 g/mol. The Morgan fingerprint density at radius 1 is 1.35 bits per heavy atom. The average Bonchev–Trinajstić information content (AvgIpc) is 3.30. The Kier molecular flexibility index (Phi) is 4.13. The van der Waals surface area contributed by atoms with E-state index in [4.69, 9.17) is 4.74 Å². The molecule has 26 heavy (non-hydrogen) atoms. The van der Waals surface area contributed by atoms with Crippen molar-refractivity contribution < 1.29 is 29.4 Å². The Morgan fingerprint density at radius 2 is 2.15 bits per heavy atom. The molecule has 1 aromatic heterocycles. The summed E-state index contributed by atoms with van der Waals surface area (Å²) in [4.78, 5) is 43.8. The number of aromatic hydroxyl groups is 1. The zero-order valence-corrected chi connectivity index (χ0v) is 14.6. The Morgan fingerprint density at radius 3 is 2.88 bits per heavy atom. The van der Waals surface area contributed by atoms with Gasteiger partial charge in [-0.2, -0.15) is 5.06 Å². The van der Waals surface area contributed by atoms with Crippen molar-refractivity contribution in [3.8, 4) is 5.75 Å². The number of aromatic nitrogens is 1. The van der Waals surface area contributed by atoms with E-state index >= 15 is 0 Å². The third-order valence-electron chi connectivity index (χ3n) is 3.82. The van der Waals surface area contributed by atoms with Crippen LogP contribution in [0.2, 0.25) is 0 Å². The van der Waals surface area contributed by atoms with Crippen LogP contribution in [0.1, 0.15) is 11.4 Å². The fraction of sp³-hybridized carbons (Fsp3) is 0.267. The number of carbonyl (C=O) groups is 3. The van der Waals surface area contributed by atoms with Gasteiger partial charge < -0.3 is 9.84 Å². The summed E-state index contributed by atoms with van der Waals surface area (Å²) in [6.07, 6.45) is -1.69. The molecule has 0 saturated carbocycles. The third-order valence-corrected chi connectivity index (χ3v) is 6.03. The number of carbonyl (C=O) groups excluding carboxylic acids is 3. The first-order valence-corrected chi connectivity index (χ1v) is 9.29. The number of phenols is 1. The number of hydroxylamine groups is 2. The number of esters is 1. The van der Waals surface area contributed by atoms with Gasteiger partial charge in [0.2, 0.25) is 0 Å². The molecule has 1 unspecified atom stereocenters. The molecule has 0 bridgehead atoms. The molecular formula is C15H11N3O6S2. The van der Waals surface area contributed by atoms with E-state index in [-0.39, 0.29) is 17.2 Å². The Hall–Kier alpha value is -2.50. The number of thiazole rings is 1. The molecule has 2 atom stereocenters. The van der Waals surface area contributed by atoms with Crippen molar-refractivity contribution in [3.05, 3.63) is 23.2 Å². The highest BCUT2D eigenvalue weighted by molar-refractivity contribution is 8.15. The van der Waals surface area contributed by atoms with Gasteiger partial charge in [-0.25, -0.2) is 9.78 Å². The second kappa shape index (κ2) is 6.34. The van der Waals surface area contributed by atoms with Crippen molar-refractivity contribution in [1.82, 2.24) is 10.0 Å². The quantitative estimate of drug-likeness (QED) is 0.447. The Balaban J connectivity index is 1.49. The lowest BCUT2D eigenvalue weighted by Gasteiger charge is -2.11. The van der Waals surface area contributed by atoms with Crippen LogP contribution in [0.4, 0.5) is 0 Å². The van der Waals surface area contributed by atoms with Crippen LogP contribution < -0.4 is 0 Å². The van der Waals surface area contributed by atoms with Gasteiger partial charge >= 0.3 is 5.97 Å². The van der Waals surface area contributed by atoms with Crippen LogP contribution in [0.3, 0.4) is 0 Å². The van der Waals surface area contributed by atoms with Gasteiger partial charge in [-0.15, -0.1) is 23.1 Å². The van der Waals surface area contributed by atoms with Gasteiger partial charge in [0.05, 0.1) is 16.6 Å². The van der Waals surface area contributed by atoms with Crippen molar-refractivity contribution >= 4 is 56.1 Å². The van der Waals surface area contributed by atoms with Crippen molar-refractivity contribution in [3.63, 3.8) is 0 Å². The summed E-state index contributed by atoms with van der Waals surface area (Å²) in [5, 5.41) is 19.9. The smallest absolute Gasteiger partial charge is 0.332 e. The van der Waals surface area contributed by atoms with Crippen molar-refractivity contribution in [2.75, 3.05) is 5.75 Å². The number of aliphatic imine (C=N–C) groups is 1. The lowest BCUT2D eigenvalue weighted by Crippen LogP contribution is -2.33. The van der Waals surface area contributed by atoms with E-state index in [1.54, 1.807) is 18.2 Å². The molecule has 2 N–H and O–H groups in total. The minimum absolute atomic E-state index is 0.0351. The highest BCUT2D eigenvalue weighted by Gasteiger charge is 2.42. The second-order valence-electron chi connectivity index (χ2n) is 5.61. The predicted octanol–water partition coefficient (Wildman–Crippen LogP) is 0.924. The maximum absolute atomic E-state index is 12.2. The molecule has 134 valence electrons. The first kappa shape index (κ1) is 16.9. The fourth-order valence-corrected chi connectivity index (χ4v) is 4.61. The lowest BCUT2D eigenvalue weighted by atomic mass is 10.3. The maximum Gasteiger partial charge on any atom is 0.332 e. The maximum atomic E-state index is 12.2. The van der Waals surface area contributed by atoms with Gasteiger partial charge in [0.25, 0.3) is 11.8 Å². The van der Waals surface area contributed by atoms with E-state index in [1.165, 1.54) is 23.1 Å². The molecule has 1 fully saturated rings. The van der Waals surface area contributed by atoms with Crippen LogP contribution >= 0.6 is 23.1 Å². The molecule has 2 aliphatic heterocycles. The van der Waals surface area contributed by atoms with E-state index < -0.39 is 29.9 Å². The number of imide groups is 1. The number of thioether (sulfide) groups is 1. The van der Waals surface area contributed by atoms with Crippen LogP contribution in [0.5, 0.6) is 5.75 Å². The summed E-state index contributed by atoms with van der Waals surface area (Å²) in [5.74, 6) is -2.02. The van der Waals surface area contributed by atoms with Crippen LogP contribution in [-0.4, -0.2) is 61.1 Å². The summed E-state index contributed by atoms with van der Waals surface area (Å²) in [6.45, 7) is 0. The van der Waals surface area contributed by atoms with E-state index in [2.05, 4.69) is 9.98 Å². The first-order chi connectivity index (χ1) is 12.4. The summed E-state index contributed by atoms with van der Waals surface area (Å²) in [7, 11) is 0. The highest BCUT2D eigenvalue weighted by Crippen LogP contribution is 2.31. The predicted molar refractivity (Wildman–Crippen MR) is 92.2 cm³/mol. The van der Waals surface area contributed by atoms with E-state index in [0.717, 1.165) is 10.2 Å². The number of benzene rings is 1. The SMILES string of the molecule is O=C(OC1CC(=O)N(O)C1=O)[C@H]1CSC(c2nc3ccc(O)cc3s2)=N1. The van der Waals surface area contributed by atoms with Gasteiger partial charge in [0.1, 0.15) is 15.8 Å². The molecule has 0 aliphatic carbocycles. The van der Waals surface area contributed by atoms with Gasteiger partial charge in [-0.3, -0.25) is 19.8 Å². The molecular weight excluding hydrogens is 382 g/mol. The highest BCUT2D eigenvalue weighted by atomic mass is 32.2. The minimum atomic E-state index is -1.31. The van der Waals surface area contributed by atoms with Crippen molar-refractivity contribution in [1.29, 1.82) is 0 Å². The summed E-state index contributed by atoms with van der Waals surface area (Å²) >= 11 is 2.68. The monoisotopic (exact) mass is 393 g/mol. The normalized spacial score (nSPS) is 23.0. The molecule has 2 amide bonds. The van der Waals surface area contributed by atoms with Crippen LogP contribution in [-0.2, 0) is 19.1 Å². The van der Waals surface area contributed by atoms with Gasteiger partial charge in [0, 0.05) is 5.75 Å². The van der Waals surface area contributed by atoms with Gasteiger partial charge in [-0.1, -0.05) is 0 Å². The number of amides is 2. The molecule has 0 radical (unpaired) electrons. The molecule has 1 aromatic carbocycles. The number of hydrogen-bond acceptors (Lipinski definition) is 10. The Labute approximate surface area is 154 Å². The number of nitrogens with zero attached hydrogens (tertiary/aromatic N) is 3. The van der Waals surface area contributed by atoms with Gasteiger partial charge in [0.15, 0.2) is 12.1 Å². The third kappa shape index (κ3) is 2.93. The molecule has 11 heteroatoms. The minimum Gasteiger partial charge on any atom is -0.508 e. The van der Waals surface area contributed by atoms with E-state index in [9.17, 15) is 24.7 Å². The molecule has 2 aromatic rings. The molecule has 9 nitrogen and oxygen atoms in total. The Bertz CT molecular complexity index is 971. The summed E-state index contributed by atoms with van der Waals surface area (Å²) in [6, 6.07) is 4.03. The molecule has 2 aliphatic rings. The van der Waals surface area contributed by atoms with Crippen molar-refractivity contribution in [2.24, 2.45) is 4.99 Å². The molecule has 0 spiro atoms. The zero-order chi connectivity index (χ0) is 18.4. The van der Waals surface area contributed by atoms with Gasteiger partial charge in [-0.05, 0) is 18.2 Å². The largest absolute Gasteiger partial charge is 0.508 e. The zero-order valence-electron chi connectivity index (χ0n) is 13.0. The molecule has 4 rings (SSSR count). The number of fused-ring (bicyclic) bond motifs is 1. The molecule has 1 saturated heterocycles. The van der Waals surface area contributed by atoms with E-state index in [0.29, 0.717) is 15.8 Å². The standard InChI is InChI=1S/C15H11N3O6S2/c19-6-1-2-7-10(3-6)26-13(16-7)12-17-8(5-25-12)15(22)24-9-4-11(20)18(23)14(9)21/h1-3,8-9,19,23H,4-5H2/t8-,9?/m1/s1. The second-order valence-corrected chi connectivity index (χ2v) is 7.64. The van der Waals surface area contributed by atoms with Crippen LogP contribution in [0.15, 0.2) is 23.2 Å². The summed E-state index contributed by atoms with van der Waals surface area (Å²) < 4.78 is 5.82. The number of hydrogen-bond donors (Lipinski definition) is 2.